The zero-order valence-corrected chi connectivity index (χ0v) is 23.3. The molecule has 0 spiro atoms. The van der Waals surface area contributed by atoms with Crippen LogP contribution in [0.4, 0.5) is 0 Å². The van der Waals surface area contributed by atoms with Crippen molar-refractivity contribution in [3.8, 4) is 0 Å². The number of nitrogens with zero attached hydrogens (tertiary/aromatic N) is 1. The Kier molecular flexibility index (Phi) is 7.47. The summed E-state index contributed by atoms with van der Waals surface area (Å²) in [6.45, 7) is 7.56. The van der Waals surface area contributed by atoms with Crippen molar-refractivity contribution in [2.45, 2.75) is 116 Å². The van der Waals surface area contributed by atoms with Gasteiger partial charge in [-0.1, -0.05) is 20.8 Å². The van der Waals surface area contributed by atoms with Crippen LogP contribution in [0.2, 0.25) is 0 Å². The molecule has 0 aromatic heterocycles. The van der Waals surface area contributed by atoms with E-state index in [4.69, 9.17) is 4.74 Å². The Bertz CT molecular complexity index is 880. The number of ether oxygens (including phenoxy) is 1. The molecule has 0 unspecified atom stereocenters. The number of carboxylic acid groups (broad SMARTS) is 1. The molecule has 12 atom stereocenters. The van der Waals surface area contributed by atoms with Crippen LogP contribution in [0.5, 0.6) is 0 Å². The van der Waals surface area contributed by atoms with Crippen molar-refractivity contribution in [3.63, 3.8) is 0 Å². The number of amides is 1. The zero-order chi connectivity index (χ0) is 26.7. The summed E-state index contributed by atoms with van der Waals surface area (Å²) in [5, 5.41) is 31.4. The highest BCUT2D eigenvalue weighted by Crippen LogP contribution is 2.68. The highest BCUT2D eigenvalue weighted by Gasteiger charge is 2.62. The molecule has 7 heteroatoms. The van der Waals surface area contributed by atoms with Crippen LogP contribution in [-0.2, 0) is 14.3 Å². The third-order valence-corrected chi connectivity index (χ3v) is 12.4. The molecule has 1 heterocycles. The van der Waals surface area contributed by atoms with Gasteiger partial charge in [0.05, 0.1) is 18.3 Å². The van der Waals surface area contributed by atoms with Gasteiger partial charge in [-0.3, -0.25) is 4.79 Å². The molecule has 5 aliphatic rings. The van der Waals surface area contributed by atoms with Crippen molar-refractivity contribution >= 4 is 11.9 Å². The van der Waals surface area contributed by atoms with E-state index in [-0.39, 0.29) is 35.0 Å². The molecular weight excluding hydrogens is 470 g/mol. The second-order valence-corrected chi connectivity index (χ2v) is 14.0. The number of likely N-dealkylation sites (tertiary alicyclic amines) is 1. The monoisotopic (exact) mass is 519 g/mol. The van der Waals surface area contributed by atoms with Gasteiger partial charge in [-0.2, -0.15) is 0 Å². The van der Waals surface area contributed by atoms with Gasteiger partial charge in [0.25, 0.3) is 0 Å². The fourth-order valence-electron chi connectivity index (χ4n) is 10.3. The quantitative estimate of drug-likeness (QED) is 0.488. The highest BCUT2D eigenvalue weighted by molar-refractivity contribution is 5.84. The minimum atomic E-state index is -0.946. The maximum absolute atomic E-state index is 13.1. The van der Waals surface area contributed by atoms with Crippen molar-refractivity contribution in [1.82, 2.24) is 4.90 Å². The minimum absolute atomic E-state index is 0.0663. The molecule has 3 N–H and O–H groups in total. The Morgan fingerprint density at radius 2 is 1.70 bits per heavy atom. The maximum Gasteiger partial charge on any atom is 0.326 e. The van der Waals surface area contributed by atoms with Crippen molar-refractivity contribution in [2.75, 3.05) is 13.7 Å². The average molecular weight is 520 g/mol. The number of carbonyl (C=O) groups is 2. The van der Waals surface area contributed by atoms with E-state index in [1.54, 1.807) is 7.11 Å². The summed E-state index contributed by atoms with van der Waals surface area (Å²) in [6.07, 6.45) is 9.14. The van der Waals surface area contributed by atoms with Crippen LogP contribution < -0.4 is 0 Å². The Morgan fingerprint density at radius 3 is 2.41 bits per heavy atom. The number of aliphatic carboxylic acids is 1. The van der Waals surface area contributed by atoms with Crippen molar-refractivity contribution in [3.05, 3.63) is 0 Å². The number of aliphatic hydroxyl groups is 2. The van der Waals surface area contributed by atoms with E-state index in [0.717, 1.165) is 51.4 Å². The molecule has 5 fully saturated rings. The maximum atomic E-state index is 13.1. The van der Waals surface area contributed by atoms with Crippen LogP contribution in [0.3, 0.4) is 0 Å². The van der Waals surface area contributed by atoms with Crippen LogP contribution in [0.25, 0.3) is 0 Å². The number of methoxy groups -OCH3 is 1. The van der Waals surface area contributed by atoms with E-state index in [0.29, 0.717) is 54.9 Å². The Labute approximate surface area is 222 Å². The molecule has 7 nitrogen and oxygen atoms in total. The first-order valence-corrected chi connectivity index (χ1v) is 14.9. The van der Waals surface area contributed by atoms with Gasteiger partial charge in [-0.25, -0.2) is 4.79 Å². The molecular formula is C30H49NO6. The smallest absolute Gasteiger partial charge is 0.326 e. The molecule has 0 aromatic rings. The Hall–Kier alpha value is -1.18. The van der Waals surface area contributed by atoms with Gasteiger partial charge in [0, 0.05) is 26.5 Å². The van der Waals surface area contributed by atoms with Crippen LogP contribution >= 0.6 is 0 Å². The number of hydrogen-bond acceptors (Lipinski definition) is 5. The molecule has 1 amide bonds. The fraction of sp³-hybridized carbons (Fsp3) is 0.933. The van der Waals surface area contributed by atoms with Crippen molar-refractivity contribution in [2.24, 2.45) is 46.3 Å². The van der Waals surface area contributed by atoms with Gasteiger partial charge in [0.15, 0.2) is 0 Å². The summed E-state index contributed by atoms with van der Waals surface area (Å²) in [5.41, 5.74) is 0.414. The number of rotatable bonds is 6. The van der Waals surface area contributed by atoms with E-state index in [1.165, 1.54) is 11.3 Å². The van der Waals surface area contributed by atoms with E-state index in [2.05, 4.69) is 20.8 Å². The average Bonchev–Trinajstić information content (AvgIpc) is 3.45. The minimum Gasteiger partial charge on any atom is -0.480 e. The molecule has 4 saturated carbocycles. The van der Waals surface area contributed by atoms with Gasteiger partial charge in [-0.15, -0.1) is 0 Å². The lowest BCUT2D eigenvalue weighted by molar-refractivity contribution is -0.174. The van der Waals surface area contributed by atoms with Gasteiger partial charge in [0.2, 0.25) is 5.91 Å². The number of hydrogen-bond donors (Lipinski definition) is 3. The van der Waals surface area contributed by atoms with Crippen molar-refractivity contribution in [1.29, 1.82) is 0 Å². The normalized spacial score (nSPS) is 48.2. The molecule has 5 rings (SSSR count). The summed E-state index contributed by atoms with van der Waals surface area (Å²) in [6, 6.07) is -0.782. The van der Waals surface area contributed by atoms with Crippen LogP contribution in [-0.4, -0.2) is 70.1 Å². The summed E-state index contributed by atoms with van der Waals surface area (Å²) in [7, 11) is 1.58. The van der Waals surface area contributed by atoms with Crippen LogP contribution in [0.1, 0.15) is 91.4 Å². The van der Waals surface area contributed by atoms with Crippen LogP contribution in [0, 0.1) is 46.3 Å². The highest BCUT2D eigenvalue weighted by atomic mass is 16.5. The summed E-state index contributed by atoms with van der Waals surface area (Å²) in [4.78, 5) is 26.3. The summed E-state index contributed by atoms with van der Waals surface area (Å²) >= 11 is 0. The third-order valence-electron chi connectivity index (χ3n) is 12.4. The molecule has 1 saturated heterocycles. The summed E-state index contributed by atoms with van der Waals surface area (Å²) < 4.78 is 5.36. The van der Waals surface area contributed by atoms with Crippen LogP contribution in [0.15, 0.2) is 0 Å². The van der Waals surface area contributed by atoms with E-state index < -0.39 is 12.0 Å². The lowest BCUT2D eigenvalue weighted by Crippen LogP contribution is -2.58. The molecule has 37 heavy (non-hydrogen) atoms. The van der Waals surface area contributed by atoms with Gasteiger partial charge < -0.3 is 25.0 Å². The number of carbonyl (C=O) groups excluding carboxylic acids is 1. The first-order chi connectivity index (χ1) is 17.5. The molecule has 0 radical (unpaired) electrons. The second kappa shape index (κ2) is 10.1. The second-order valence-electron chi connectivity index (χ2n) is 14.0. The van der Waals surface area contributed by atoms with E-state index in [1.807, 2.05) is 0 Å². The van der Waals surface area contributed by atoms with Gasteiger partial charge in [-0.05, 0) is 104 Å². The molecule has 0 bridgehead atoms. The predicted molar refractivity (Wildman–Crippen MR) is 140 cm³/mol. The van der Waals surface area contributed by atoms with Gasteiger partial charge >= 0.3 is 5.97 Å². The predicted octanol–water partition coefficient (Wildman–Crippen LogP) is 4.09. The molecule has 4 aliphatic carbocycles. The lowest BCUT2D eigenvalue weighted by atomic mass is 9.43. The standard InChI is InChI=1S/C30H49NO6/c1-17(5-8-26(34)31-16-20(37-4)15-24(31)28(35)36)21-6-7-22-27-23(10-12-30(21,22)3)29(2)11-9-19(32)13-18(29)14-25(27)33/h17-25,27,32-33H,5-16H2,1-4H3,(H,35,36)/t17-,18+,19-,20-,21-,22+,23+,24+,25+,27+,29+,30-/m1/s1. The molecule has 210 valence electrons. The fourth-order valence-corrected chi connectivity index (χ4v) is 10.3. The third kappa shape index (κ3) is 4.55. The van der Waals surface area contributed by atoms with E-state index in [9.17, 15) is 24.9 Å². The number of fused-ring (bicyclic) bond motifs is 5. The lowest BCUT2D eigenvalue weighted by Gasteiger charge is -2.62. The zero-order valence-electron chi connectivity index (χ0n) is 23.3. The summed E-state index contributed by atoms with van der Waals surface area (Å²) in [5.74, 6) is 1.73. The van der Waals surface area contributed by atoms with Crippen molar-refractivity contribution < 1.29 is 29.6 Å². The largest absolute Gasteiger partial charge is 0.480 e. The Balaban J connectivity index is 1.25. The van der Waals surface area contributed by atoms with E-state index >= 15 is 0 Å². The first kappa shape index (κ1) is 27.4. The topological polar surface area (TPSA) is 107 Å². The first-order valence-electron chi connectivity index (χ1n) is 14.9. The number of carboxylic acids is 1. The SMILES string of the molecule is CO[C@@H]1C[C@@H](C(=O)O)N(C(=O)CC[C@@H](C)[C@H]2CC[C@H]3[C@@H]4[C@@H](O)C[C@@H]5C[C@H](O)CC[C@]5(C)[C@H]4CC[C@]23C)C1. The number of aliphatic hydroxyl groups excluding tert-OH is 2. The van der Waals surface area contributed by atoms with Gasteiger partial charge in [0.1, 0.15) is 6.04 Å². The molecule has 1 aliphatic heterocycles. The Morgan fingerprint density at radius 1 is 1.00 bits per heavy atom. The molecule has 0 aromatic carbocycles.